The SMILES string of the molecule is CCC12COC(C1)C2. The number of hydrogen-bond donors (Lipinski definition) is 0. The molecule has 2 saturated heterocycles. The molecule has 1 aliphatic carbocycles. The second-order valence-electron chi connectivity index (χ2n) is 3.19. The first-order chi connectivity index (χ1) is 3.85. The van der Waals surface area contributed by atoms with E-state index in [9.17, 15) is 0 Å². The lowest BCUT2D eigenvalue weighted by molar-refractivity contribution is 0.110. The molecule has 3 rings (SSSR count). The van der Waals surface area contributed by atoms with Crippen LogP contribution >= 0.6 is 0 Å². The molecule has 0 aromatic heterocycles. The molecule has 0 N–H and O–H groups in total. The van der Waals surface area contributed by atoms with Crippen molar-refractivity contribution < 1.29 is 4.74 Å². The normalized spacial score (nSPS) is 51.4. The first-order valence-corrected chi connectivity index (χ1v) is 3.46. The Morgan fingerprint density at radius 2 is 2.38 bits per heavy atom. The molecule has 46 valence electrons. The fourth-order valence-corrected chi connectivity index (χ4v) is 1.83. The van der Waals surface area contributed by atoms with Gasteiger partial charge in [-0.25, -0.2) is 0 Å². The van der Waals surface area contributed by atoms with Crippen molar-refractivity contribution in [1.82, 2.24) is 0 Å². The highest BCUT2D eigenvalue weighted by Crippen LogP contribution is 2.51. The highest BCUT2D eigenvalue weighted by atomic mass is 16.5. The van der Waals surface area contributed by atoms with Crippen LogP contribution in [0.25, 0.3) is 0 Å². The van der Waals surface area contributed by atoms with Crippen LogP contribution in [0.1, 0.15) is 26.2 Å². The number of hydrogen-bond acceptors (Lipinski definition) is 1. The summed E-state index contributed by atoms with van der Waals surface area (Å²) < 4.78 is 5.42. The third kappa shape index (κ3) is 0.408. The van der Waals surface area contributed by atoms with Gasteiger partial charge in [0.15, 0.2) is 0 Å². The summed E-state index contributed by atoms with van der Waals surface area (Å²) in [6, 6.07) is 0. The molecule has 0 amide bonds. The topological polar surface area (TPSA) is 9.23 Å². The van der Waals surface area contributed by atoms with Crippen molar-refractivity contribution in [2.24, 2.45) is 5.41 Å². The lowest BCUT2D eigenvalue weighted by Crippen LogP contribution is -2.31. The summed E-state index contributed by atoms with van der Waals surface area (Å²) in [5.74, 6) is 0. The minimum Gasteiger partial charge on any atom is -0.378 e. The molecule has 2 heterocycles. The van der Waals surface area contributed by atoms with Crippen LogP contribution in [0.3, 0.4) is 0 Å². The second kappa shape index (κ2) is 1.27. The highest BCUT2D eigenvalue weighted by Gasteiger charge is 2.50. The van der Waals surface area contributed by atoms with Gasteiger partial charge in [0.25, 0.3) is 0 Å². The number of ether oxygens (including phenoxy) is 1. The Morgan fingerprint density at radius 3 is 2.62 bits per heavy atom. The minimum absolute atomic E-state index is 0.657. The van der Waals surface area contributed by atoms with Gasteiger partial charge in [-0.2, -0.15) is 0 Å². The predicted molar refractivity (Wildman–Crippen MR) is 31.7 cm³/mol. The van der Waals surface area contributed by atoms with Crippen molar-refractivity contribution in [1.29, 1.82) is 0 Å². The van der Waals surface area contributed by atoms with Crippen molar-refractivity contribution >= 4 is 0 Å². The lowest BCUT2D eigenvalue weighted by Gasteiger charge is -2.33. The number of rotatable bonds is 1. The average molecular weight is 112 g/mol. The Hall–Kier alpha value is -0.0400. The van der Waals surface area contributed by atoms with Crippen LogP contribution < -0.4 is 0 Å². The van der Waals surface area contributed by atoms with Gasteiger partial charge in [-0.05, 0) is 24.7 Å². The molecular weight excluding hydrogens is 100 g/mol. The Bertz CT molecular complexity index is 97.4. The van der Waals surface area contributed by atoms with Crippen LogP contribution in [0.5, 0.6) is 0 Å². The largest absolute Gasteiger partial charge is 0.378 e. The highest BCUT2D eigenvalue weighted by molar-refractivity contribution is 4.99. The van der Waals surface area contributed by atoms with E-state index in [1.54, 1.807) is 0 Å². The molecular formula is C7H12O. The molecule has 0 radical (unpaired) electrons. The van der Waals surface area contributed by atoms with E-state index in [1.165, 1.54) is 19.3 Å². The Labute approximate surface area is 50.0 Å². The predicted octanol–water partition coefficient (Wildman–Crippen LogP) is 1.58. The standard InChI is InChI=1S/C7H12O/c1-2-7-3-6(4-7)8-5-7/h6H,2-5H2,1H3. The molecule has 3 fully saturated rings. The monoisotopic (exact) mass is 112 g/mol. The summed E-state index contributed by atoms with van der Waals surface area (Å²) in [7, 11) is 0. The van der Waals surface area contributed by atoms with Gasteiger partial charge >= 0.3 is 0 Å². The van der Waals surface area contributed by atoms with Crippen molar-refractivity contribution in [3.05, 3.63) is 0 Å². The maximum absolute atomic E-state index is 5.42. The summed E-state index contributed by atoms with van der Waals surface area (Å²) >= 11 is 0. The van der Waals surface area contributed by atoms with Gasteiger partial charge in [-0.15, -0.1) is 0 Å². The fourth-order valence-electron chi connectivity index (χ4n) is 1.83. The van der Waals surface area contributed by atoms with Crippen LogP contribution in [0.15, 0.2) is 0 Å². The zero-order valence-electron chi connectivity index (χ0n) is 5.31. The molecule has 8 heavy (non-hydrogen) atoms. The van der Waals surface area contributed by atoms with E-state index in [4.69, 9.17) is 4.74 Å². The van der Waals surface area contributed by atoms with Crippen molar-refractivity contribution in [3.63, 3.8) is 0 Å². The van der Waals surface area contributed by atoms with E-state index in [1.807, 2.05) is 0 Å². The van der Waals surface area contributed by atoms with E-state index in [0.29, 0.717) is 11.5 Å². The molecule has 1 heteroatoms. The molecule has 0 atom stereocenters. The first-order valence-electron chi connectivity index (χ1n) is 3.46. The fraction of sp³-hybridized carbons (Fsp3) is 1.00. The summed E-state index contributed by atoms with van der Waals surface area (Å²) in [4.78, 5) is 0. The summed E-state index contributed by atoms with van der Waals surface area (Å²) in [5, 5.41) is 0. The molecule has 3 aliphatic rings. The summed E-state index contributed by atoms with van der Waals surface area (Å²) in [6.07, 6.45) is 4.69. The smallest absolute Gasteiger partial charge is 0.0587 e. The van der Waals surface area contributed by atoms with Gasteiger partial charge in [0.2, 0.25) is 0 Å². The quantitative estimate of drug-likeness (QED) is 0.500. The van der Waals surface area contributed by atoms with Gasteiger partial charge in [0.1, 0.15) is 0 Å². The molecule has 1 saturated carbocycles. The third-order valence-corrected chi connectivity index (χ3v) is 2.70. The van der Waals surface area contributed by atoms with Crippen LogP contribution in [0.4, 0.5) is 0 Å². The van der Waals surface area contributed by atoms with E-state index in [0.717, 1.165) is 6.61 Å². The van der Waals surface area contributed by atoms with Crippen molar-refractivity contribution in [2.45, 2.75) is 32.3 Å². The van der Waals surface area contributed by atoms with Gasteiger partial charge in [0, 0.05) is 0 Å². The molecule has 0 unspecified atom stereocenters. The zero-order valence-corrected chi connectivity index (χ0v) is 5.31. The van der Waals surface area contributed by atoms with E-state index in [-0.39, 0.29) is 0 Å². The van der Waals surface area contributed by atoms with Crippen molar-refractivity contribution in [2.75, 3.05) is 6.61 Å². The van der Waals surface area contributed by atoms with Gasteiger partial charge in [0.05, 0.1) is 12.7 Å². The Morgan fingerprint density at radius 1 is 1.62 bits per heavy atom. The molecule has 0 spiro atoms. The maximum atomic E-state index is 5.42. The van der Waals surface area contributed by atoms with Crippen LogP contribution in [-0.4, -0.2) is 12.7 Å². The number of fused-ring (bicyclic) bond motifs is 1. The zero-order chi connectivity index (χ0) is 5.61. The third-order valence-electron chi connectivity index (χ3n) is 2.70. The van der Waals surface area contributed by atoms with Crippen LogP contribution in [-0.2, 0) is 4.74 Å². The van der Waals surface area contributed by atoms with Gasteiger partial charge in [-0.3, -0.25) is 0 Å². The molecule has 0 aromatic rings. The lowest BCUT2D eigenvalue weighted by atomic mass is 9.69. The molecule has 2 bridgehead atoms. The Kier molecular flexibility index (Phi) is 0.762. The van der Waals surface area contributed by atoms with E-state index in [2.05, 4.69) is 6.92 Å². The minimum atomic E-state index is 0.657. The molecule has 2 aliphatic heterocycles. The van der Waals surface area contributed by atoms with Gasteiger partial charge < -0.3 is 4.74 Å². The van der Waals surface area contributed by atoms with Crippen molar-refractivity contribution in [3.8, 4) is 0 Å². The second-order valence-corrected chi connectivity index (χ2v) is 3.19. The van der Waals surface area contributed by atoms with E-state index >= 15 is 0 Å². The first kappa shape index (κ1) is 4.80. The maximum Gasteiger partial charge on any atom is 0.0587 e. The van der Waals surface area contributed by atoms with Gasteiger partial charge in [-0.1, -0.05) is 6.92 Å². The van der Waals surface area contributed by atoms with Crippen LogP contribution in [0.2, 0.25) is 0 Å². The molecule has 0 aromatic carbocycles. The van der Waals surface area contributed by atoms with Crippen LogP contribution in [0, 0.1) is 5.41 Å². The summed E-state index contributed by atoms with van der Waals surface area (Å²) in [5.41, 5.74) is 0.657. The van der Waals surface area contributed by atoms with E-state index < -0.39 is 0 Å². The summed E-state index contributed by atoms with van der Waals surface area (Å²) in [6.45, 7) is 3.32. The Balaban J connectivity index is 2.09. The molecule has 1 nitrogen and oxygen atoms in total. The average Bonchev–Trinajstić information content (AvgIpc) is 2.17.